The van der Waals surface area contributed by atoms with Crippen LogP contribution in [0, 0.1) is 0 Å². The van der Waals surface area contributed by atoms with Crippen molar-refractivity contribution in [2.75, 3.05) is 7.05 Å². The third-order valence-corrected chi connectivity index (χ3v) is 5.21. The lowest BCUT2D eigenvalue weighted by Gasteiger charge is -2.14. The van der Waals surface area contributed by atoms with Gasteiger partial charge in [0.1, 0.15) is 16.4 Å². The number of halogens is 1. The van der Waals surface area contributed by atoms with Gasteiger partial charge in [0.2, 0.25) is 10.0 Å². The molecule has 104 valence electrons. The van der Waals surface area contributed by atoms with Gasteiger partial charge in [-0.15, -0.1) is 0 Å². The maximum atomic E-state index is 12.4. The third kappa shape index (κ3) is 2.92. The Morgan fingerprint density at radius 3 is 2.68 bits per heavy atom. The number of rotatable bonds is 5. The summed E-state index contributed by atoms with van der Waals surface area (Å²) in [7, 11) is -2.19. The Morgan fingerprint density at radius 1 is 1.42 bits per heavy atom. The van der Waals surface area contributed by atoms with Gasteiger partial charge in [-0.05, 0) is 28.1 Å². The molecule has 2 aromatic rings. The predicted molar refractivity (Wildman–Crippen MR) is 71.7 cm³/mol. The number of hydrogen-bond acceptors (Lipinski definition) is 5. The topological polar surface area (TPSA) is 89.7 Å². The third-order valence-electron chi connectivity index (χ3n) is 2.55. The quantitative estimate of drug-likeness (QED) is 0.891. The molecule has 0 spiro atoms. The van der Waals surface area contributed by atoms with Crippen LogP contribution >= 0.6 is 15.9 Å². The lowest BCUT2D eigenvalue weighted by atomic mass is 10.4. The van der Waals surface area contributed by atoms with Gasteiger partial charge in [0, 0.05) is 13.1 Å². The first kappa shape index (κ1) is 14.3. The highest BCUT2D eigenvalue weighted by molar-refractivity contribution is 9.10. The van der Waals surface area contributed by atoms with Crippen LogP contribution in [-0.4, -0.2) is 19.8 Å². The molecule has 0 atom stereocenters. The fraction of sp³-hybridized carbons (Fsp3) is 0.273. The molecule has 0 saturated carbocycles. The Morgan fingerprint density at radius 2 is 2.16 bits per heavy atom. The van der Waals surface area contributed by atoms with Crippen LogP contribution in [0.2, 0.25) is 0 Å². The van der Waals surface area contributed by atoms with E-state index in [1.165, 1.54) is 23.7 Å². The van der Waals surface area contributed by atoms with Crippen molar-refractivity contribution < 1.29 is 17.3 Å². The summed E-state index contributed by atoms with van der Waals surface area (Å²) in [6.07, 6.45) is 1.50. The van der Waals surface area contributed by atoms with E-state index in [1.807, 2.05) is 0 Å². The van der Waals surface area contributed by atoms with Crippen LogP contribution in [0.25, 0.3) is 0 Å². The van der Waals surface area contributed by atoms with E-state index in [4.69, 9.17) is 14.6 Å². The Kier molecular flexibility index (Phi) is 4.14. The highest BCUT2D eigenvalue weighted by Gasteiger charge is 2.27. The monoisotopic (exact) mass is 348 g/mol. The fourth-order valence-electron chi connectivity index (χ4n) is 1.55. The zero-order chi connectivity index (χ0) is 14.0. The standard InChI is InChI=1S/C11H13BrN2O4S/c1-14(7-8-3-2-4-17-8)19(15,16)10-5-9(6-13)18-11(10)12/h2-5H,6-7,13H2,1H3. The van der Waals surface area contributed by atoms with E-state index in [0.29, 0.717) is 11.5 Å². The summed E-state index contributed by atoms with van der Waals surface area (Å²) in [5.41, 5.74) is 5.42. The van der Waals surface area contributed by atoms with Gasteiger partial charge >= 0.3 is 0 Å². The first-order valence-electron chi connectivity index (χ1n) is 5.42. The van der Waals surface area contributed by atoms with E-state index in [9.17, 15) is 8.42 Å². The highest BCUT2D eigenvalue weighted by Crippen LogP contribution is 2.28. The number of nitrogens with two attached hydrogens (primary N) is 1. The van der Waals surface area contributed by atoms with E-state index in [1.54, 1.807) is 12.1 Å². The molecule has 19 heavy (non-hydrogen) atoms. The summed E-state index contributed by atoms with van der Waals surface area (Å²) in [6.45, 7) is 0.279. The summed E-state index contributed by atoms with van der Waals surface area (Å²) in [6, 6.07) is 4.83. The van der Waals surface area contributed by atoms with Gasteiger partial charge < -0.3 is 14.6 Å². The minimum absolute atomic E-state index is 0.0574. The second-order valence-electron chi connectivity index (χ2n) is 3.90. The summed E-state index contributed by atoms with van der Waals surface area (Å²) in [5, 5.41) is 0. The average Bonchev–Trinajstić information content (AvgIpc) is 2.98. The SMILES string of the molecule is CN(Cc1ccco1)S(=O)(=O)c1cc(CN)oc1Br. The molecule has 2 rings (SSSR count). The largest absolute Gasteiger partial charge is 0.468 e. The Bertz CT molecular complexity index is 648. The number of hydrogen-bond donors (Lipinski definition) is 1. The van der Waals surface area contributed by atoms with E-state index in [2.05, 4.69) is 15.9 Å². The number of furan rings is 2. The first-order chi connectivity index (χ1) is 8.95. The molecule has 0 fully saturated rings. The average molecular weight is 349 g/mol. The Hall–Kier alpha value is -1.09. The van der Waals surface area contributed by atoms with Gasteiger partial charge in [0.25, 0.3) is 0 Å². The minimum atomic E-state index is -3.66. The van der Waals surface area contributed by atoms with E-state index in [-0.39, 0.29) is 22.7 Å². The summed E-state index contributed by atoms with van der Waals surface area (Å²) >= 11 is 3.09. The van der Waals surface area contributed by atoms with Crippen LogP contribution in [-0.2, 0) is 23.1 Å². The Labute approximate surface area is 119 Å². The fourth-order valence-corrected chi connectivity index (χ4v) is 3.64. The van der Waals surface area contributed by atoms with Crippen molar-refractivity contribution in [1.29, 1.82) is 0 Å². The summed E-state index contributed by atoms with van der Waals surface area (Å²) in [5.74, 6) is 0.960. The van der Waals surface area contributed by atoms with Crippen LogP contribution < -0.4 is 5.73 Å². The van der Waals surface area contributed by atoms with E-state index >= 15 is 0 Å². The molecule has 0 bridgehead atoms. The highest BCUT2D eigenvalue weighted by atomic mass is 79.9. The first-order valence-corrected chi connectivity index (χ1v) is 7.65. The van der Waals surface area contributed by atoms with Gasteiger partial charge in [0.15, 0.2) is 4.67 Å². The van der Waals surface area contributed by atoms with Crippen LogP contribution in [0.15, 0.2) is 42.9 Å². The molecule has 0 aliphatic carbocycles. The van der Waals surface area contributed by atoms with Crippen LogP contribution in [0.4, 0.5) is 0 Å². The molecule has 0 aliphatic rings. The van der Waals surface area contributed by atoms with Crippen molar-refractivity contribution in [2.24, 2.45) is 5.73 Å². The van der Waals surface area contributed by atoms with Gasteiger partial charge in [0.05, 0.1) is 19.4 Å². The smallest absolute Gasteiger partial charge is 0.247 e. The van der Waals surface area contributed by atoms with Crippen LogP contribution in [0.1, 0.15) is 11.5 Å². The van der Waals surface area contributed by atoms with Gasteiger partial charge in [-0.2, -0.15) is 4.31 Å². The Balaban J connectivity index is 2.28. The minimum Gasteiger partial charge on any atom is -0.468 e. The molecular weight excluding hydrogens is 336 g/mol. The zero-order valence-electron chi connectivity index (χ0n) is 10.2. The molecule has 2 N–H and O–H groups in total. The molecule has 0 radical (unpaired) electrons. The molecule has 0 saturated heterocycles. The van der Waals surface area contributed by atoms with Gasteiger partial charge in [-0.25, -0.2) is 8.42 Å². The van der Waals surface area contributed by atoms with Gasteiger partial charge in [-0.3, -0.25) is 0 Å². The summed E-state index contributed by atoms with van der Waals surface area (Å²) in [4.78, 5) is 0.0574. The second kappa shape index (κ2) is 5.49. The molecule has 0 amide bonds. The summed E-state index contributed by atoms with van der Waals surface area (Å²) < 4.78 is 36.4. The van der Waals surface area contributed by atoms with Crippen LogP contribution in [0.5, 0.6) is 0 Å². The van der Waals surface area contributed by atoms with Crippen LogP contribution in [0.3, 0.4) is 0 Å². The molecule has 0 aliphatic heterocycles. The van der Waals surface area contributed by atoms with Crippen molar-refractivity contribution in [3.8, 4) is 0 Å². The molecule has 0 aromatic carbocycles. The maximum Gasteiger partial charge on any atom is 0.247 e. The number of sulfonamides is 1. The molecule has 6 nitrogen and oxygen atoms in total. The van der Waals surface area contributed by atoms with Crippen molar-refractivity contribution >= 4 is 26.0 Å². The molecule has 0 unspecified atom stereocenters. The number of nitrogens with zero attached hydrogens (tertiary/aromatic N) is 1. The van der Waals surface area contributed by atoms with E-state index < -0.39 is 10.0 Å². The zero-order valence-corrected chi connectivity index (χ0v) is 12.6. The lowest BCUT2D eigenvalue weighted by molar-refractivity contribution is 0.404. The maximum absolute atomic E-state index is 12.4. The molecule has 2 aromatic heterocycles. The molecule has 8 heteroatoms. The molecular formula is C11H13BrN2O4S. The van der Waals surface area contributed by atoms with Crippen molar-refractivity contribution in [1.82, 2.24) is 4.31 Å². The van der Waals surface area contributed by atoms with Crippen molar-refractivity contribution in [3.05, 3.63) is 40.7 Å². The predicted octanol–water partition coefficient (Wildman–Crippen LogP) is 1.91. The van der Waals surface area contributed by atoms with Crippen molar-refractivity contribution in [3.63, 3.8) is 0 Å². The van der Waals surface area contributed by atoms with Crippen molar-refractivity contribution in [2.45, 2.75) is 18.0 Å². The molecule has 2 heterocycles. The second-order valence-corrected chi connectivity index (χ2v) is 6.63. The van der Waals surface area contributed by atoms with Gasteiger partial charge in [-0.1, -0.05) is 0 Å². The normalized spacial score (nSPS) is 12.2. The lowest BCUT2D eigenvalue weighted by Crippen LogP contribution is -2.26. The van der Waals surface area contributed by atoms with E-state index in [0.717, 1.165) is 0 Å².